The maximum atomic E-state index is 11.5. The third-order valence-corrected chi connectivity index (χ3v) is 2.95. The summed E-state index contributed by atoms with van der Waals surface area (Å²) in [5.74, 6) is 0.935. The predicted molar refractivity (Wildman–Crippen MR) is 63.5 cm³/mol. The van der Waals surface area contributed by atoms with Crippen molar-refractivity contribution in [3.05, 3.63) is 0 Å². The molecular formula is C10H22N2OS. The Hall–Kier alpha value is -0.220. The molecule has 0 saturated carbocycles. The molecule has 0 aromatic heterocycles. The quantitative estimate of drug-likeness (QED) is 0.678. The van der Waals surface area contributed by atoms with E-state index in [2.05, 4.69) is 19.2 Å². The molecule has 1 atom stereocenters. The lowest BCUT2D eigenvalue weighted by molar-refractivity contribution is -0.123. The molecule has 0 unspecified atom stereocenters. The van der Waals surface area contributed by atoms with Gasteiger partial charge in [-0.3, -0.25) is 4.79 Å². The van der Waals surface area contributed by atoms with E-state index in [0.29, 0.717) is 0 Å². The summed E-state index contributed by atoms with van der Waals surface area (Å²) >= 11 is 1.72. The highest BCUT2D eigenvalue weighted by molar-refractivity contribution is 7.98. The van der Waals surface area contributed by atoms with Gasteiger partial charge in [0, 0.05) is 6.04 Å². The lowest BCUT2D eigenvalue weighted by Gasteiger charge is -2.18. The molecule has 84 valence electrons. The van der Waals surface area contributed by atoms with Crippen LogP contribution in [0.15, 0.2) is 0 Å². The van der Waals surface area contributed by atoms with Crippen LogP contribution in [0.1, 0.15) is 33.1 Å². The Morgan fingerprint density at radius 2 is 2.00 bits per heavy atom. The smallest absolute Gasteiger partial charge is 0.237 e. The first-order chi connectivity index (χ1) is 6.65. The van der Waals surface area contributed by atoms with Gasteiger partial charge in [0.1, 0.15) is 0 Å². The molecule has 0 rings (SSSR count). The minimum absolute atomic E-state index is 0.00671. The van der Waals surface area contributed by atoms with Crippen molar-refractivity contribution in [3.63, 3.8) is 0 Å². The van der Waals surface area contributed by atoms with Gasteiger partial charge in [0.05, 0.1) is 6.04 Å². The van der Waals surface area contributed by atoms with E-state index in [4.69, 9.17) is 5.73 Å². The molecule has 0 aromatic carbocycles. The van der Waals surface area contributed by atoms with Crippen LogP contribution in [-0.2, 0) is 4.79 Å². The van der Waals surface area contributed by atoms with Crippen molar-refractivity contribution in [2.45, 2.75) is 45.2 Å². The van der Waals surface area contributed by atoms with Crippen molar-refractivity contribution in [2.24, 2.45) is 5.73 Å². The number of carbonyl (C=O) groups is 1. The number of nitrogens with one attached hydrogen (secondary N) is 1. The van der Waals surface area contributed by atoms with Crippen LogP contribution in [0.2, 0.25) is 0 Å². The molecule has 0 fully saturated rings. The number of carbonyl (C=O) groups excluding carboxylic acids is 1. The molecule has 0 aromatic rings. The summed E-state index contributed by atoms with van der Waals surface area (Å²) in [6.45, 7) is 4.14. The standard InChI is InChI=1S/C10H22N2OS/c1-4-8(5-2)12-10(13)9(11)6-7-14-3/h8-9H,4-7,11H2,1-3H3,(H,12,13)/t9-/m0/s1. The minimum Gasteiger partial charge on any atom is -0.352 e. The summed E-state index contributed by atoms with van der Waals surface area (Å²) in [6, 6.07) is -0.0640. The fourth-order valence-electron chi connectivity index (χ4n) is 1.18. The molecule has 0 aliphatic rings. The van der Waals surface area contributed by atoms with Gasteiger partial charge in [-0.15, -0.1) is 0 Å². The second-order valence-corrected chi connectivity index (χ2v) is 4.40. The number of nitrogens with two attached hydrogens (primary N) is 1. The van der Waals surface area contributed by atoms with Crippen molar-refractivity contribution in [2.75, 3.05) is 12.0 Å². The Balaban J connectivity index is 3.81. The van der Waals surface area contributed by atoms with Crippen molar-refractivity contribution in [3.8, 4) is 0 Å². The number of hydrogen-bond acceptors (Lipinski definition) is 3. The maximum absolute atomic E-state index is 11.5. The highest BCUT2D eigenvalue weighted by Crippen LogP contribution is 2.01. The molecule has 0 radical (unpaired) electrons. The molecule has 0 aliphatic heterocycles. The van der Waals surface area contributed by atoms with E-state index in [1.807, 2.05) is 6.26 Å². The molecule has 1 amide bonds. The van der Waals surface area contributed by atoms with Gasteiger partial charge in [-0.25, -0.2) is 0 Å². The van der Waals surface area contributed by atoms with E-state index in [-0.39, 0.29) is 18.0 Å². The van der Waals surface area contributed by atoms with Crippen LogP contribution >= 0.6 is 11.8 Å². The zero-order valence-corrected chi connectivity index (χ0v) is 10.2. The largest absolute Gasteiger partial charge is 0.352 e. The minimum atomic E-state index is -0.344. The van der Waals surface area contributed by atoms with Gasteiger partial charge in [0.25, 0.3) is 0 Å². The van der Waals surface area contributed by atoms with Gasteiger partial charge in [-0.1, -0.05) is 13.8 Å². The van der Waals surface area contributed by atoms with Crippen LogP contribution < -0.4 is 11.1 Å². The number of amides is 1. The molecule has 0 aliphatic carbocycles. The van der Waals surface area contributed by atoms with E-state index in [0.717, 1.165) is 25.0 Å². The van der Waals surface area contributed by atoms with Gasteiger partial charge in [0.15, 0.2) is 0 Å². The van der Waals surface area contributed by atoms with Crippen molar-refractivity contribution in [1.29, 1.82) is 0 Å². The third-order valence-electron chi connectivity index (χ3n) is 2.30. The van der Waals surface area contributed by atoms with E-state index in [1.165, 1.54) is 0 Å². The van der Waals surface area contributed by atoms with Gasteiger partial charge in [-0.05, 0) is 31.3 Å². The lowest BCUT2D eigenvalue weighted by atomic mass is 10.1. The zero-order valence-electron chi connectivity index (χ0n) is 9.38. The van der Waals surface area contributed by atoms with Gasteiger partial charge >= 0.3 is 0 Å². The van der Waals surface area contributed by atoms with E-state index in [1.54, 1.807) is 11.8 Å². The first-order valence-corrected chi connectivity index (χ1v) is 6.59. The number of rotatable bonds is 7. The molecule has 14 heavy (non-hydrogen) atoms. The Morgan fingerprint density at radius 3 is 2.43 bits per heavy atom. The van der Waals surface area contributed by atoms with E-state index in [9.17, 15) is 4.79 Å². The van der Waals surface area contributed by atoms with Crippen LogP contribution in [0.3, 0.4) is 0 Å². The highest BCUT2D eigenvalue weighted by Gasteiger charge is 2.15. The molecule has 0 spiro atoms. The summed E-state index contributed by atoms with van der Waals surface area (Å²) in [5.41, 5.74) is 5.74. The first-order valence-electron chi connectivity index (χ1n) is 5.20. The Labute approximate surface area is 91.2 Å². The third kappa shape index (κ3) is 5.50. The summed E-state index contributed by atoms with van der Waals surface area (Å²) < 4.78 is 0. The second-order valence-electron chi connectivity index (χ2n) is 3.41. The molecule has 0 saturated heterocycles. The Kier molecular flexibility index (Phi) is 7.99. The topological polar surface area (TPSA) is 55.1 Å². The molecule has 3 N–H and O–H groups in total. The van der Waals surface area contributed by atoms with E-state index >= 15 is 0 Å². The van der Waals surface area contributed by atoms with Crippen LogP contribution in [0, 0.1) is 0 Å². The van der Waals surface area contributed by atoms with Crippen LogP contribution in [0.4, 0.5) is 0 Å². The van der Waals surface area contributed by atoms with Gasteiger partial charge < -0.3 is 11.1 Å². The molecular weight excluding hydrogens is 196 g/mol. The zero-order chi connectivity index (χ0) is 11.0. The van der Waals surface area contributed by atoms with Crippen LogP contribution in [0.25, 0.3) is 0 Å². The van der Waals surface area contributed by atoms with Crippen molar-refractivity contribution >= 4 is 17.7 Å². The monoisotopic (exact) mass is 218 g/mol. The first kappa shape index (κ1) is 13.8. The average Bonchev–Trinajstić information content (AvgIpc) is 2.21. The molecule has 3 nitrogen and oxygen atoms in total. The molecule has 0 bridgehead atoms. The number of thioether (sulfide) groups is 1. The van der Waals surface area contributed by atoms with Crippen LogP contribution in [-0.4, -0.2) is 30.0 Å². The highest BCUT2D eigenvalue weighted by atomic mass is 32.2. The SMILES string of the molecule is CCC(CC)NC(=O)[C@@H](N)CCSC. The normalized spacial score (nSPS) is 12.9. The lowest BCUT2D eigenvalue weighted by Crippen LogP contribution is -2.45. The number of hydrogen-bond donors (Lipinski definition) is 2. The van der Waals surface area contributed by atoms with Crippen LogP contribution in [0.5, 0.6) is 0 Å². The summed E-state index contributed by atoms with van der Waals surface area (Å²) in [7, 11) is 0. The molecule has 0 heterocycles. The fraction of sp³-hybridized carbons (Fsp3) is 0.900. The predicted octanol–water partition coefficient (Wildman–Crippen LogP) is 1.37. The Morgan fingerprint density at radius 1 is 1.43 bits per heavy atom. The Bertz CT molecular complexity index is 160. The van der Waals surface area contributed by atoms with Crippen molar-refractivity contribution in [1.82, 2.24) is 5.32 Å². The van der Waals surface area contributed by atoms with Gasteiger partial charge in [0.2, 0.25) is 5.91 Å². The van der Waals surface area contributed by atoms with Gasteiger partial charge in [-0.2, -0.15) is 11.8 Å². The average molecular weight is 218 g/mol. The summed E-state index contributed by atoms with van der Waals surface area (Å²) in [4.78, 5) is 11.5. The maximum Gasteiger partial charge on any atom is 0.237 e. The fourth-order valence-corrected chi connectivity index (χ4v) is 1.67. The van der Waals surface area contributed by atoms with Crippen molar-refractivity contribution < 1.29 is 4.79 Å². The second kappa shape index (κ2) is 8.12. The molecule has 4 heteroatoms. The summed E-state index contributed by atoms with van der Waals surface area (Å²) in [6.07, 6.45) is 4.72. The van der Waals surface area contributed by atoms with E-state index < -0.39 is 0 Å². The summed E-state index contributed by atoms with van der Waals surface area (Å²) in [5, 5.41) is 2.95.